The Morgan fingerprint density at radius 1 is 1.44 bits per heavy atom. The van der Waals surface area contributed by atoms with E-state index in [0.717, 1.165) is 31.4 Å². The minimum Gasteiger partial charge on any atom is -0.358 e. The van der Waals surface area contributed by atoms with Gasteiger partial charge in [0.1, 0.15) is 17.8 Å². The van der Waals surface area contributed by atoms with Crippen molar-refractivity contribution >= 4 is 22.6 Å². The maximum Gasteiger partial charge on any atom is 0.135 e. The van der Waals surface area contributed by atoms with Crippen LogP contribution in [-0.4, -0.2) is 16.2 Å². The van der Waals surface area contributed by atoms with Crippen molar-refractivity contribution in [3.05, 3.63) is 29.0 Å². The second-order valence-electron chi connectivity index (χ2n) is 4.38. The van der Waals surface area contributed by atoms with E-state index in [1.54, 1.807) is 12.4 Å². The van der Waals surface area contributed by atoms with E-state index < -0.39 is 0 Å². The van der Waals surface area contributed by atoms with Gasteiger partial charge in [0, 0.05) is 6.61 Å². The van der Waals surface area contributed by atoms with Gasteiger partial charge >= 0.3 is 0 Å². The monoisotopic (exact) mass is 261 g/mol. The van der Waals surface area contributed by atoms with E-state index in [4.69, 9.17) is 21.6 Å². The fourth-order valence-corrected chi connectivity index (χ4v) is 2.58. The van der Waals surface area contributed by atoms with Crippen LogP contribution in [0.25, 0.3) is 11.0 Å². The normalized spacial score (nSPS) is 19.9. The smallest absolute Gasteiger partial charge is 0.135 e. The lowest BCUT2D eigenvalue weighted by molar-refractivity contribution is -0.0295. The topological polar surface area (TPSA) is 50.8 Å². The molecule has 1 unspecified atom stereocenters. The zero-order valence-electron chi connectivity index (χ0n) is 9.77. The van der Waals surface area contributed by atoms with Crippen LogP contribution in [0.2, 0.25) is 5.02 Å². The molecular formula is C13H12ClN3O. The van der Waals surface area contributed by atoms with E-state index in [-0.39, 0.29) is 6.23 Å². The molecule has 2 aromatic rings. The van der Waals surface area contributed by atoms with Crippen LogP contribution in [0.1, 0.15) is 31.1 Å². The van der Waals surface area contributed by atoms with Crippen molar-refractivity contribution in [1.82, 2.24) is 9.55 Å². The van der Waals surface area contributed by atoms with Gasteiger partial charge in [0.25, 0.3) is 0 Å². The van der Waals surface area contributed by atoms with Crippen molar-refractivity contribution < 1.29 is 4.74 Å². The first kappa shape index (κ1) is 11.5. The molecule has 0 saturated carbocycles. The molecule has 0 amide bonds. The Labute approximate surface area is 110 Å². The van der Waals surface area contributed by atoms with Crippen LogP contribution in [0.15, 0.2) is 18.5 Å². The number of nitriles is 1. The van der Waals surface area contributed by atoms with Gasteiger partial charge in [-0.05, 0) is 31.4 Å². The summed E-state index contributed by atoms with van der Waals surface area (Å²) in [6.07, 6.45) is 5.04. The molecule has 4 nitrogen and oxygen atoms in total. The first-order chi connectivity index (χ1) is 8.81. The molecule has 5 heteroatoms. The maximum absolute atomic E-state index is 8.94. The Kier molecular flexibility index (Phi) is 2.94. The minimum absolute atomic E-state index is 0.0350. The summed E-state index contributed by atoms with van der Waals surface area (Å²) in [7, 11) is 0. The molecule has 1 aliphatic rings. The second kappa shape index (κ2) is 4.60. The molecule has 0 bridgehead atoms. The van der Waals surface area contributed by atoms with Gasteiger partial charge in [-0.2, -0.15) is 5.26 Å². The van der Waals surface area contributed by atoms with Crippen molar-refractivity contribution in [3.8, 4) is 6.07 Å². The number of fused-ring (bicyclic) bond motifs is 1. The summed E-state index contributed by atoms with van der Waals surface area (Å²) in [6.45, 7) is 0.786. The summed E-state index contributed by atoms with van der Waals surface area (Å²) in [5.74, 6) is 0. The Morgan fingerprint density at radius 3 is 3.06 bits per heavy atom. The van der Waals surface area contributed by atoms with Crippen LogP contribution < -0.4 is 0 Å². The predicted octanol–water partition coefficient (Wildman–Crippen LogP) is 3.26. The van der Waals surface area contributed by atoms with Gasteiger partial charge in [0.05, 0.1) is 22.4 Å². The van der Waals surface area contributed by atoms with Crippen molar-refractivity contribution in [2.45, 2.75) is 25.5 Å². The number of hydrogen-bond acceptors (Lipinski definition) is 3. The summed E-state index contributed by atoms with van der Waals surface area (Å²) in [5.41, 5.74) is 2.05. The number of aromatic nitrogens is 2. The summed E-state index contributed by atoms with van der Waals surface area (Å²) in [6, 6.07) is 5.67. The van der Waals surface area contributed by atoms with Gasteiger partial charge < -0.3 is 9.30 Å². The van der Waals surface area contributed by atoms with Gasteiger partial charge in [-0.15, -0.1) is 0 Å². The largest absolute Gasteiger partial charge is 0.358 e. The molecule has 1 fully saturated rings. The van der Waals surface area contributed by atoms with Crippen LogP contribution in [0.5, 0.6) is 0 Å². The lowest BCUT2D eigenvalue weighted by Crippen LogP contribution is -2.17. The predicted molar refractivity (Wildman–Crippen MR) is 68.3 cm³/mol. The summed E-state index contributed by atoms with van der Waals surface area (Å²) in [4.78, 5) is 4.30. The molecule has 0 N–H and O–H groups in total. The maximum atomic E-state index is 8.94. The molecule has 1 aromatic heterocycles. The highest BCUT2D eigenvalue weighted by molar-refractivity contribution is 6.36. The Hall–Kier alpha value is -1.57. The van der Waals surface area contributed by atoms with Crippen molar-refractivity contribution in [2.75, 3.05) is 6.61 Å². The van der Waals surface area contributed by atoms with Gasteiger partial charge in [0.2, 0.25) is 0 Å². The number of benzene rings is 1. The number of halogens is 1. The number of imidazole rings is 1. The van der Waals surface area contributed by atoms with Crippen molar-refractivity contribution in [1.29, 1.82) is 5.26 Å². The number of ether oxygens (including phenoxy) is 1. The molecule has 0 spiro atoms. The van der Waals surface area contributed by atoms with Crippen molar-refractivity contribution in [3.63, 3.8) is 0 Å². The van der Waals surface area contributed by atoms with E-state index in [1.807, 2.05) is 10.6 Å². The summed E-state index contributed by atoms with van der Waals surface area (Å²) >= 11 is 6.15. The van der Waals surface area contributed by atoms with Crippen molar-refractivity contribution in [2.24, 2.45) is 0 Å². The minimum atomic E-state index is 0.0350. The Balaban J connectivity index is 2.10. The fraction of sp³-hybridized carbons (Fsp3) is 0.385. The van der Waals surface area contributed by atoms with Crippen LogP contribution in [0, 0.1) is 11.3 Å². The fourth-order valence-electron chi connectivity index (χ4n) is 2.33. The SMILES string of the molecule is N#Cc1ccc2c(ncn2C2CCCCO2)c1Cl. The van der Waals surface area contributed by atoms with Gasteiger partial charge in [-0.25, -0.2) is 4.98 Å². The molecule has 0 radical (unpaired) electrons. The molecule has 0 aliphatic carbocycles. The molecule has 1 aromatic carbocycles. The number of rotatable bonds is 1. The van der Waals surface area contributed by atoms with E-state index in [2.05, 4.69) is 11.1 Å². The van der Waals surface area contributed by atoms with Crippen LogP contribution in [-0.2, 0) is 4.74 Å². The zero-order valence-corrected chi connectivity index (χ0v) is 10.5. The summed E-state index contributed by atoms with van der Waals surface area (Å²) in [5, 5.41) is 9.36. The van der Waals surface area contributed by atoms with Crippen LogP contribution in [0.4, 0.5) is 0 Å². The molecule has 2 heterocycles. The zero-order chi connectivity index (χ0) is 12.5. The Bertz CT molecular complexity index is 623. The third-order valence-corrected chi connectivity index (χ3v) is 3.65. The highest BCUT2D eigenvalue weighted by atomic mass is 35.5. The van der Waals surface area contributed by atoms with Crippen LogP contribution in [0.3, 0.4) is 0 Å². The van der Waals surface area contributed by atoms with Gasteiger partial charge in [-0.3, -0.25) is 0 Å². The lowest BCUT2D eigenvalue weighted by atomic mass is 10.1. The number of hydrogen-bond donors (Lipinski definition) is 0. The van der Waals surface area contributed by atoms with E-state index >= 15 is 0 Å². The third-order valence-electron chi connectivity index (χ3n) is 3.27. The number of nitrogens with zero attached hydrogens (tertiary/aromatic N) is 3. The van der Waals surface area contributed by atoms with E-state index in [0.29, 0.717) is 16.1 Å². The molecule has 92 valence electrons. The molecule has 18 heavy (non-hydrogen) atoms. The van der Waals surface area contributed by atoms with Gasteiger partial charge in [0.15, 0.2) is 0 Å². The Morgan fingerprint density at radius 2 is 2.33 bits per heavy atom. The molecular weight excluding hydrogens is 250 g/mol. The first-order valence-corrected chi connectivity index (χ1v) is 6.36. The highest BCUT2D eigenvalue weighted by Gasteiger charge is 2.19. The first-order valence-electron chi connectivity index (χ1n) is 5.98. The molecule has 1 aliphatic heterocycles. The summed E-state index contributed by atoms with van der Waals surface area (Å²) < 4.78 is 7.74. The van der Waals surface area contributed by atoms with E-state index in [9.17, 15) is 0 Å². The third kappa shape index (κ3) is 1.76. The van der Waals surface area contributed by atoms with Gasteiger partial charge in [-0.1, -0.05) is 11.6 Å². The lowest BCUT2D eigenvalue weighted by Gasteiger charge is -2.24. The molecule has 1 atom stereocenters. The second-order valence-corrected chi connectivity index (χ2v) is 4.76. The molecule has 3 rings (SSSR count). The average molecular weight is 262 g/mol. The standard InChI is InChI=1S/C13H12ClN3O/c14-12-9(7-15)4-5-10-13(12)16-8-17(10)11-3-1-2-6-18-11/h4-5,8,11H,1-3,6H2. The quantitative estimate of drug-likeness (QED) is 0.792. The average Bonchev–Trinajstić information content (AvgIpc) is 2.85. The molecule has 1 saturated heterocycles. The van der Waals surface area contributed by atoms with E-state index in [1.165, 1.54) is 0 Å². The van der Waals surface area contributed by atoms with Crippen LogP contribution >= 0.6 is 11.6 Å². The highest BCUT2D eigenvalue weighted by Crippen LogP contribution is 2.30.